The van der Waals surface area contributed by atoms with Crippen molar-refractivity contribution in [2.24, 2.45) is 0 Å². The van der Waals surface area contributed by atoms with Crippen LogP contribution in [0.2, 0.25) is 0 Å². The molecule has 18 heteroatoms. The number of nitrogens with zero attached hydrogens (tertiary/aromatic N) is 1. The van der Waals surface area contributed by atoms with Crippen molar-refractivity contribution < 1.29 is 66.8 Å². The summed E-state index contributed by atoms with van der Waals surface area (Å²) in [4.78, 5) is 20.6. The summed E-state index contributed by atoms with van der Waals surface area (Å²) < 4.78 is 168. The Bertz CT molecular complexity index is 866. The van der Waals surface area contributed by atoms with Crippen LogP contribution in [0.5, 0.6) is 0 Å². The third-order valence-corrected chi connectivity index (χ3v) is 3.53. The van der Waals surface area contributed by atoms with Crippen molar-refractivity contribution in [2.45, 2.75) is 35.8 Å². The maximum atomic E-state index is 13.6. The molecule has 0 unspecified atom stereocenters. The standard InChI is InChI=1S/C13H5F13N2O3/c14-8(15,7(29)27-5-2-1-3-6(4-5)28(30)31)9(16,17)10(18,19)11(20,21)12(22,23)13(24,25)26/h1-4H,(H,27,29). The predicted molar refractivity (Wildman–Crippen MR) is 72.5 cm³/mol. The van der Waals surface area contributed by atoms with E-state index in [1.807, 2.05) is 0 Å². The molecule has 1 N–H and O–H groups in total. The summed E-state index contributed by atoms with van der Waals surface area (Å²) in [5.41, 5.74) is -2.10. The number of amides is 1. The SMILES string of the molecule is O=C(Nc1cccc([N+](=O)[O-])c1)C(F)(F)C(F)(F)C(F)(F)C(F)(F)C(F)(F)C(F)(F)F. The molecule has 0 aliphatic heterocycles. The number of nitro benzene ring substituents is 1. The number of hydrogen-bond donors (Lipinski definition) is 1. The molecule has 31 heavy (non-hydrogen) atoms. The number of hydrogen-bond acceptors (Lipinski definition) is 3. The molecule has 1 aromatic carbocycles. The highest BCUT2D eigenvalue weighted by atomic mass is 19.4. The van der Waals surface area contributed by atoms with Crippen LogP contribution in [0.15, 0.2) is 24.3 Å². The highest BCUT2D eigenvalue weighted by Crippen LogP contribution is 2.60. The molecule has 1 amide bonds. The van der Waals surface area contributed by atoms with Crippen LogP contribution in [0.3, 0.4) is 0 Å². The van der Waals surface area contributed by atoms with Gasteiger partial charge in [-0.3, -0.25) is 14.9 Å². The molecule has 176 valence electrons. The first-order chi connectivity index (χ1) is 13.6. The maximum absolute atomic E-state index is 13.6. The summed E-state index contributed by atoms with van der Waals surface area (Å²) in [5.74, 6) is -42.6. The van der Waals surface area contributed by atoms with E-state index >= 15 is 0 Å². The Morgan fingerprint density at radius 3 is 1.65 bits per heavy atom. The molecule has 0 spiro atoms. The van der Waals surface area contributed by atoms with Gasteiger partial charge in [-0.2, -0.15) is 57.1 Å². The third-order valence-electron chi connectivity index (χ3n) is 3.53. The maximum Gasteiger partial charge on any atom is 0.460 e. The van der Waals surface area contributed by atoms with Crippen LogP contribution in [-0.4, -0.2) is 46.6 Å². The Labute approximate surface area is 161 Å². The van der Waals surface area contributed by atoms with Gasteiger partial charge in [0.1, 0.15) is 0 Å². The average Bonchev–Trinajstić information content (AvgIpc) is 2.60. The van der Waals surface area contributed by atoms with E-state index in [1.165, 1.54) is 0 Å². The van der Waals surface area contributed by atoms with Gasteiger partial charge in [-0.1, -0.05) is 6.07 Å². The fraction of sp³-hybridized carbons (Fsp3) is 0.462. The van der Waals surface area contributed by atoms with Gasteiger partial charge in [0.25, 0.3) is 5.69 Å². The molecule has 0 fully saturated rings. The number of carbonyl (C=O) groups excluding carboxylic acids is 1. The van der Waals surface area contributed by atoms with Crippen molar-refractivity contribution in [3.63, 3.8) is 0 Å². The van der Waals surface area contributed by atoms with E-state index < -0.39 is 58.0 Å². The summed E-state index contributed by atoms with van der Waals surface area (Å²) in [6.07, 6.45) is -7.57. The van der Waals surface area contributed by atoms with Gasteiger partial charge in [0.2, 0.25) is 0 Å². The second-order valence-electron chi connectivity index (χ2n) is 5.63. The molecule has 0 atom stereocenters. The number of carbonyl (C=O) groups is 1. The molecular formula is C13H5F13N2O3. The summed E-state index contributed by atoms with van der Waals surface area (Å²) >= 11 is 0. The van der Waals surface area contributed by atoms with Gasteiger partial charge in [-0.25, -0.2) is 0 Å². The fourth-order valence-electron chi connectivity index (χ4n) is 1.82. The van der Waals surface area contributed by atoms with Crippen molar-refractivity contribution in [2.75, 3.05) is 5.32 Å². The Hall–Kier alpha value is -2.82. The van der Waals surface area contributed by atoms with E-state index in [0.717, 1.165) is 0 Å². The van der Waals surface area contributed by atoms with Crippen molar-refractivity contribution in [3.05, 3.63) is 34.4 Å². The second kappa shape index (κ2) is 7.40. The Morgan fingerprint density at radius 1 is 0.774 bits per heavy atom. The molecular weight excluding hydrogens is 479 g/mol. The minimum atomic E-state index is -8.14. The van der Waals surface area contributed by atoms with Crippen molar-refractivity contribution in [1.29, 1.82) is 0 Å². The van der Waals surface area contributed by atoms with Gasteiger partial charge in [0.05, 0.1) is 4.92 Å². The number of nitrogens with one attached hydrogen (secondary N) is 1. The molecule has 0 heterocycles. The van der Waals surface area contributed by atoms with Crippen LogP contribution < -0.4 is 5.32 Å². The minimum absolute atomic E-state index is 0.219. The van der Waals surface area contributed by atoms with Crippen LogP contribution in [0, 0.1) is 10.1 Å². The number of anilines is 1. The van der Waals surface area contributed by atoms with Crippen LogP contribution in [0.25, 0.3) is 0 Å². The normalized spacial score (nSPS) is 14.4. The zero-order chi connectivity index (χ0) is 24.8. The molecule has 0 aliphatic rings. The minimum Gasteiger partial charge on any atom is -0.320 e. The third kappa shape index (κ3) is 3.93. The summed E-state index contributed by atoms with van der Waals surface area (Å²) in [6, 6.07) is 2.06. The van der Waals surface area contributed by atoms with E-state index in [-0.39, 0.29) is 6.07 Å². The number of halogens is 13. The largest absolute Gasteiger partial charge is 0.460 e. The highest BCUT2D eigenvalue weighted by molar-refractivity contribution is 5.97. The lowest BCUT2D eigenvalue weighted by Gasteiger charge is -2.39. The van der Waals surface area contributed by atoms with Crippen molar-refractivity contribution in [1.82, 2.24) is 0 Å². The number of alkyl halides is 13. The van der Waals surface area contributed by atoms with Crippen molar-refractivity contribution >= 4 is 17.3 Å². The van der Waals surface area contributed by atoms with Crippen LogP contribution in [-0.2, 0) is 4.79 Å². The summed E-state index contributed by atoms with van der Waals surface area (Å²) in [5, 5.41) is 11.2. The van der Waals surface area contributed by atoms with Crippen molar-refractivity contribution in [3.8, 4) is 0 Å². The molecule has 0 radical (unpaired) electrons. The van der Waals surface area contributed by atoms with Crippen LogP contribution in [0.4, 0.5) is 68.5 Å². The first-order valence-electron chi connectivity index (χ1n) is 7.07. The van der Waals surface area contributed by atoms with Gasteiger partial charge in [0, 0.05) is 17.8 Å². The zero-order valence-corrected chi connectivity index (χ0v) is 13.9. The monoisotopic (exact) mass is 484 g/mol. The van der Waals surface area contributed by atoms with Gasteiger partial charge < -0.3 is 5.32 Å². The average molecular weight is 484 g/mol. The smallest absolute Gasteiger partial charge is 0.320 e. The van der Waals surface area contributed by atoms with Crippen LogP contribution in [0.1, 0.15) is 0 Å². The summed E-state index contributed by atoms with van der Waals surface area (Å²) in [7, 11) is 0. The lowest BCUT2D eigenvalue weighted by Crippen LogP contribution is -2.71. The number of benzene rings is 1. The van der Waals surface area contributed by atoms with Gasteiger partial charge in [-0.05, 0) is 6.07 Å². The van der Waals surface area contributed by atoms with E-state index in [1.54, 1.807) is 0 Å². The summed E-state index contributed by atoms with van der Waals surface area (Å²) in [6.45, 7) is 0. The molecule has 0 bridgehead atoms. The Kier molecular flexibility index (Phi) is 6.26. The first kappa shape index (κ1) is 26.2. The fourth-order valence-corrected chi connectivity index (χ4v) is 1.82. The molecule has 1 rings (SSSR count). The van der Waals surface area contributed by atoms with Gasteiger partial charge in [-0.15, -0.1) is 0 Å². The quantitative estimate of drug-likeness (QED) is 0.326. The highest BCUT2D eigenvalue weighted by Gasteiger charge is 2.91. The lowest BCUT2D eigenvalue weighted by atomic mass is 9.93. The lowest BCUT2D eigenvalue weighted by molar-refractivity contribution is -0.435. The topological polar surface area (TPSA) is 72.2 Å². The van der Waals surface area contributed by atoms with E-state index in [9.17, 15) is 72.0 Å². The Morgan fingerprint density at radius 2 is 1.23 bits per heavy atom. The second-order valence-corrected chi connectivity index (χ2v) is 5.63. The molecule has 1 aromatic rings. The van der Waals surface area contributed by atoms with Crippen LogP contribution >= 0.6 is 0 Å². The molecule has 0 saturated carbocycles. The Balaban J connectivity index is 3.40. The molecule has 0 saturated heterocycles. The number of nitro groups is 1. The zero-order valence-electron chi connectivity index (χ0n) is 13.9. The van der Waals surface area contributed by atoms with Gasteiger partial charge in [0.15, 0.2) is 0 Å². The molecule has 0 aromatic heterocycles. The molecule has 0 aliphatic carbocycles. The number of non-ortho nitro benzene ring substituents is 1. The predicted octanol–water partition coefficient (Wildman–Crippen LogP) is 5.27. The first-order valence-corrected chi connectivity index (χ1v) is 7.07. The van der Waals surface area contributed by atoms with E-state index in [0.29, 0.717) is 23.5 Å². The van der Waals surface area contributed by atoms with E-state index in [2.05, 4.69) is 0 Å². The van der Waals surface area contributed by atoms with Gasteiger partial charge >= 0.3 is 41.7 Å². The molecule has 5 nitrogen and oxygen atoms in total. The van der Waals surface area contributed by atoms with E-state index in [4.69, 9.17) is 0 Å². The number of rotatable bonds is 7.